The average Bonchev–Trinajstić information content (AvgIpc) is 2.54. The molecule has 1 saturated carbocycles. The summed E-state index contributed by atoms with van der Waals surface area (Å²) in [6, 6.07) is 0. The van der Waals surface area contributed by atoms with Crippen LogP contribution in [0, 0.1) is 5.92 Å². The van der Waals surface area contributed by atoms with Crippen LogP contribution in [0.1, 0.15) is 32.6 Å². The molecular formula is C10H18FNO. The molecule has 1 atom stereocenters. The van der Waals surface area contributed by atoms with Gasteiger partial charge in [0.1, 0.15) is 0 Å². The normalized spacial score (nSPS) is 22.8. The van der Waals surface area contributed by atoms with Crippen molar-refractivity contribution in [3.8, 4) is 0 Å². The summed E-state index contributed by atoms with van der Waals surface area (Å²) in [6.45, 7) is 1.42. The van der Waals surface area contributed by atoms with Crippen molar-refractivity contribution < 1.29 is 9.18 Å². The minimum atomic E-state index is -1.65. The topological polar surface area (TPSA) is 20.3 Å². The lowest BCUT2D eigenvalue weighted by Crippen LogP contribution is -2.45. The van der Waals surface area contributed by atoms with Gasteiger partial charge in [-0.15, -0.1) is 0 Å². The van der Waals surface area contributed by atoms with Gasteiger partial charge in [-0.25, -0.2) is 4.39 Å². The number of carbonyl (C=O) groups is 1. The molecule has 1 rings (SSSR count). The second kappa shape index (κ2) is 3.64. The summed E-state index contributed by atoms with van der Waals surface area (Å²) in [5.74, 6) is -0.457. The minimum Gasteiger partial charge on any atom is -0.346 e. The zero-order valence-electron chi connectivity index (χ0n) is 8.64. The molecule has 2 nitrogen and oxygen atoms in total. The highest BCUT2D eigenvalue weighted by Gasteiger charge is 2.43. The SMILES string of the molecule is CN(C)C(=O)C(C)(F)C1CCCC1. The van der Waals surface area contributed by atoms with E-state index in [4.69, 9.17) is 0 Å². The van der Waals surface area contributed by atoms with Gasteiger partial charge in [0.15, 0.2) is 5.67 Å². The molecule has 0 bridgehead atoms. The van der Waals surface area contributed by atoms with Gasteiger partial charge in [0.2, 0.25) is 0 Å². The molecule has 1 amide bonds. The van der Waals surface area contributed by atoms with Crippen molar-refractivity contribution in [1.82, 2.24) is 4.90 Å². The van der Waals surface area contributed by atoms with Gasteiger partial charge in [-0.05, 0) is 19.8 Å². The van der Waals surface area contributed by atoms with Crippen LogP contribution in [0.25, 0.3) is 0 Å². The van der Waals surface area contributed by atoms with Crippen molar-refractivity contribution in [3.05, 3.63) is 0 Å². The first-order valence-corrected chi connectivity index (χ1v) is 4.87. The first-order chi connectivity index (χ1) is 5.96. The number of halogens is 1. The Hall–Kier alpha value is -0.600. The molecule has 1 aliphatic rings. The van der Waals surface area contributed by atoms with Crippen LogP contribution in [-0.4, -0.2) is 30.6 Å². The Morgan fingerprint density at radius 1 is 1.38 bits per heavy atom. The molecule has 0 aromatic heterocycles. The summed E-state index contributed by atoms with van der Waals surface area (Å²) in [5.41, 5.74) is -1.65. The number of alkyl halides is 1. The molecule has 0 aromatic carbocycles. The summed E-state index contributed by atoms with van der Waals surface area (Å²) in [6.07, 6.45) is 3.83. The third-order valence-corrected chi connectivity index (χ3v) is 2.95. The number of hydrogen-bond donors (Lipinski definition) is 0. The molecule has 0 saturated heterocycles. The number of rotatable bonds is 2. The zero-order chi connectivity index (χ0) is 10.1. The Kier molecular flexibility index (Phi) is 2.94. The third kappa shape index (κ3) is 2.01. The van der Waals surface area contributed by atoms with Crippen LogP contribution in [0.15, 0.2) is 0 Å². The van der Waals surface area contributed by atoms with E-state index >= 15 is 0 Å². The van der Waals surface area contributed by atoms with Crippen LogP contribution in [0.2, 0.25) is 0 Å². The van der Waals surface area contributed by atoms with Crippen LogP contribution in [-0.2, 0) is 4.79 Å². The fourth-order valence-corrected chi connectivity index (χ4v) is 2.08. The maximum Gasteiger partial charge on any atom is 0.259 e. The molecule has 1 aliphatic carbocycles. The van der Waals surface area contributed by atoms with Gasteiger partial charge in [0.25, 0.3) is 5.91 Å². The lowest BCUT2D eigenvalue weighted by Gasteiger charge is -2.28. The highest BCUT2D eigenvalue weighted by molar-refractivity contribution is 5.84. The quantitative estimate of drug-likeness (QED) is 0.647. The van der Waals surface area contributed by atoms with Crippen molar-refractivity contribution in [3.63, 3.8) is 0 Å². The van der Waals surface area contributed by atoms with E-state index < -0.39 is 5.67 Å². The maximum atomic E-state index is 14.0. The number of hydrogen-bond acceptors (Lipinski definition) is 1. The van der Waals surface area contributed by atoms with Crippen molar-refractivity contribution >= 4 is 5.91 Å². The zero-order valence-corrected chi connectivity index (χ0v) is 8.64. The molecule has 0 N–H and O–H groups in total. The van der Waals surface area contributed by atoms with Gasteiger partial charge < -0.3 is 4.90 Å². The Balaban J connectivity index is 2.68. The predicted octanol–water partition coefficient (Wildman–Crippen LogP) is 1.99. The van der Waals surface area contributed by atoms with E-state index in [9.17, 15) is 9.18 Å². The molecule has 3 heteroatoms. The van der Waals surface area contributed by atoms with Crippen molar-refractivity contribution in [2.75, 3.05) is 14.1 Å². The van der Waals surface area contributed by atoms with Gasteiger partial charge in [0, 0.05) is 20.0 Å². The minimum absolute atomic E-state index is 0.0672. The second-order valence-electron chi connectivity index (χ2n) is 4.26. The van der Waals surface area contributed by atoms with Crippen LogP contribution in [0.3, 0.4) is 0 Å². The van der Waals surface area contributed by atoms with Crippen LogP contribution < -0.4 is 0 Å². The molecule has 0 heterocycles. The second-order valence-corrected chi connectivity index (χ2v) is 4.26. The molecule has 76 valence electrons. The van der Waals surface area contributed by atoms with Gasteiger partial charge in [0.05, 0.1) is 0 Å². The first-order valence-electron chi connectivity index (χ1n) is 4.87. The molecule has 0 aromatic rings. The number of amides is 1. The first kappa shape index (κ1) is 10.5. The van der Waals surface area contributed by atoms with Crippen LogP contribution in [0.5, 0.6) is 0 Å². The fraction of sp³-hybridized carbons (Fsp3) is 0.900. The summed E-state index contributed by atoms with van der Waals surface area (Å²) in [5, 5.41) is 0. The smallest absolute Gasteiger partial charge is 0.259 e. The standard InChI is InChI=1S/C10H18FNO/c1-10(11,9(13)12(2)3)8-6-4-5-7-8/h8H,4-7H2,1-3H3. The summed E-state index contributed by atoms with van der Waals surface area (Å²) in [4.78, 5) is 12.8. The fourth-order valence-electron chi connectivity index (χ4n) is 2.08. The highest BCUT2D eigenvalue weighted by Crippen LogP contribution is 2.37. The lowest BCUT2D eigenvalue weighted by molar-refractivity contribution is -0.143. The molecule has 1 fully saturated rings. The maximum absolute atomic E-state index is 14.0. The van der Waals surface area contributed by atoms with Crippen molar-refractivity contribution in [2.24, 2.45) is 5.92 Å². The summed E-state index contributed by atoms with van der Waals surface area (Å²) in [7, 11) is 3.21. The predicted molar refractivity (Wildman–Crippen MR) is 50.2 cm³/mol. The van der Waals surface area contributed by atoms with Crippen molar-refractivity contribution in [2.45, 2.75) is 38.3 Å². The molecule has 0 spiro atoms. The van der Waals surface area contributed by atoms with Crippen LogP contribution in [0.4, 0.5) is 4.39 Å². The van der Waals surface area contributed by atoms with E-state index in [1.165, 1.54) is 11.8 Å². The molecule has 0 radical (unpaired) electrons. The van der Waals surface area contributed by atoms with Gasteiger partial charge >= 0.3 is 0 Å². The van der Waals surface area contributed by atoms with E-state index in [2.05, 4.69) is 0 Å². The van der Waals surface area contributed by atoms with Gasteiger partial charge in [-0.1, -0.05) is 12.8 Å². The Morgan fingerprint density at radius 3 is 2.23 bits per heavy atom. The third-order valence-electron chi connectivity index (χ3n) is 2.95. The largest absolute Gasteiger partial charge is 0.346 e. The average molecular weight is 187 g/mol. The van der Waals surface area contributed by atoms with E-state index in [0.29, 0.717) is 0 Å². The number of carbonyl (C=O) groups excluding carboxylic acids is 1. The van der Waals surface area contributed by atoms with E-state index in [1.807, 2.05) is 0 Å². The van der Waals surface area contributed by atoms with E-state index in [1.54, 1.807) is 14.1 Å². The van der Waals surface area contributed by atoms with E-state index in [0.717, 1.165) is 25.7 Å². The van der Waals surface area contributed by atoms with Crippen LogP contribution >= 0.6 is 0 Å². The molecule has 1 unspecified atom stereocenters. The molecular weight excluding hydrogens is 169 g/mol. The van der Waals surface area contributed by atoms with Gasteiger partial charge in [-0.3, -0.25) is 4.79 Å². The molecule has 13 heavy (non-hydrogen) atoms. The lowest BCUT2D eigenvalue weighted by atomic mass is 9.88. The Morgan fingerprint density at radius 2 is 1.85 bits per heavy atom. The van der Waals surface area contributed by atoms with Crippen molar-refractivity contribution in [1.29, 1.82) is 0 Å². The molecule has 0 aliphatic heterocycles. The highest BCUT2D eigenvalue weighted by atomic mass is 19.1. The Bertz CT molecular complexity index is 195. The van der Waals surface area contributed by atoms with E-state index in [-0.39, 0.29) is 11.8 Å². The Labute approximate surface area is 79.1 Å². The number of nitrogens with zero attached hydrogens (tertiary/aromatic N) is 1. The summed E-state index contributed by atoms with van der Waals surface area (Å²) >= 11 is 0. The monoisotopic (exact) mass is 187 g/mol. The summed E-state index contributed by atoms with van der Waals surface area (Å²) < 4.78 is 14.0. The van der Waals surface area contributed by atoms with Gasteiger partial charge in [-0.2, -0.15) is 0 Å².